The van der Waals surface area contributed by atoms with Gasteiger partial charge in [0.2, 0.25) is 5.91 Å². The van der Waals surface area contributed by atoms with E-state index in [0.29, 0.717) is 11.2 Å². The molecule has 7 atom stereocenters. The van der Waals surface area contributed by atoms with Gasteiger partial charge in [0, 0.05) is 16.1 Å². The van der Waals surface area contributed by atoms with Gasteiger partial charge in [-0.25, -0.2) is 9.59 Å². The lowest BCUT2D eigenvalue weighted by Crippen LogP contribution is -2.63. The molecule has 1 amide bonds. The number of rotatable bonds is 8. The van der Waals surface area contributed by atoms with Crippen molar-refractivity contribution in [2.75, 3.05) is 13.2 Å². The van der Waals surface area contributed by atoms with Gasteiger partial charge >= 0.3 is 12.3 Å². The minimum atomic E-state index is -0.855. The monoisotopic (exact) mass is 669 g/mol. The summed E-state index contributed by atoms with van der Waals surface area (Å²) in [4.78, 5) is 38.0. The molecule has 1 aromatic rings. The van der Waals surface area contributed by atoms with E-state index in [1.807, 2.05) is 23.9 Å². The van der Waals surface area contributed by atoms with Crippen LogP contribution in [0.3, 0.4) is 0 Å². The van der Waals surface area contributed by atoms with Gasteiger partial charge in [-0.05, 0) is 116 Å². The SMILES string of the molecule is CCOC(=O)Oc1cc2c(cc1OC(=O)OCC)[C@]1(C)CC[C@@]3(CC)[C@@H]4C[C@](C)(C(N)=O)CC[C@]4(C)CC[C@]3(C)C1=CC2SC(C)C. The molecule has 0 heterocycles. The van der Waals surface area contributed by atoms with Crippen molar-refractivity contribution in [1.29, 1.82) is 0 Å². The lowest BCUT2D eigenvalue weighted by atomic mass is 9.33. The molecule has 0 saturated heterocycles. The normalized spacial score (nSPS) is 35.7. The molecule has 1 unspecified atom stereocenters. The van der Waals surface area contributed by atoms with Gasteiger partial charge < -0.3 is 24.7 Å². The van der Waals surface area contributed by atoms with Crippen LogP contribution >= 0.6 is 11.8 Å². The molecule has 9 heteroatoms. The molecule has 4 aliphatic carbocycles. The van der Waals surface area contributed by atoms with Gasteiger partial charge in [0.05, 0.1) is 13.2 Å². The molecule has 0 radical (unpaired) electrons. The molecule has 2 N–H and O–H groups in total. The third-order valence-electron chi connectivity index (χ3n) is 12.9. The second-order valence-corrected chi connectivity index (χ2v) is 17.4. The standard InChI is InChI=1S/C38H55NO7S/c1-10-38-18-16-36(8)25-20-27(46-33(42)44-12-3)26(45-32(41)43-11-2)19-24(25)28(47-23(4)5)21-29(36)37(38,9)17-15-34(6)13-14-35(7,31(39)40)22-30(34)38/h19-21,23,28,30H,10-18,22H2,1-9H3,(H2,39,40)/t28?,30-,34-,35-,36+,37-,38+/m1/s1. The fourth-order valence-electron chi connectivity index (χ4n) is 10.2. The van der Waals surface area contributed by atoms with Crippen LogP contribution < -0.4 is 15.2 Å². The lowest BCUT2D eigenvalue weighted by Gasteiger charge is -2.71. The summed E-state index contributed by atoms with van der Waals surface area (Å²) in [6.45, 7) is 19.9. The molecule has 4 aliphatic rings. The zero-order chi connectivity index (χ0) is 34.6. The Morgan fingerprint density at radius 3 is 2.02 bits per heavy atom. The quantitative estimate of drug-likeness (QED) is 0.165. The number of fused-ring (bicyclic) bond motifs is 7. The highest BCUT2D eigenvalue weighted by Crippen LogP contribution is 2.76. The highest BCUT2D eigenvalue weighted by Gasteiger charge is 2.68. The Morgan fingerprint density at radius 2 is 1.47 bits per heavy atom. The number of thioether (sulfide) groups is 1. The van der Waals surface area contributed by atoms with E-state index in [4.69, 9.17) is 24.7 Å². The Morgan fingerprint density at radius 1 is 0.872 bits per heavy atom. The van der Waals surface area contributed by atoms with Crippen molar-refractivity contribution in [3.05, 3.63) is 34.9 Å². The minimum Gasteiger partial charge on any atom is -0.434 e. The molecule has 3 fully saturated rings. The molecular formula is C38H55NO7S. The molecule has 0 bridgehead atoms. The van der Waals surface area contributed by atoms with Crippen molar-refractivity contribution in [3.8, 4) is 11.5 Å². The number of nitrogens with two attached hydrogens (primary N) is 1. The van der Waals surface area contributed by atoms with Crippen LogP contribution in [-0.4, -0.2) is 36.7 Å². The summed E-state index contributed by atoms with van der Waals surface area (Å²) in [5, 5.41) is 0.324. The van der Waals surface area contributed by atoms with E-state index in [0.717, 1.165) is 62.5 Å². The van der Waals surface area contributed by atoms with Gasteiger partial charge in [-0.3, -0.25) is 4.79 Å². The number of primary amides is 1. The van der Waals surface area contributed by atoms with E-state index in [1.165, 1.54) is 5.57 Å². The molecule has 47 heavy (non-hydrogen) atoms. The van der Waals surface area contributed by atoms with Crippen molar-refractivity contribution in [2.45, 2.75) is 130 Å². The van der Waals surface area contributed by atoms with E-state index in [2.05, 4.69) is 54.5 Å². The Hall–Kier alpha value is -2.68. The summed E-state index contributed by atoms with van der Waals surface area (Å²) in [6.07, 6.45) is 8.65. The Bertz CT molecular complexity index is 1460. The number of benzene rings is 1. The second-order valence-electron chi connectivity index (χ2n) is 15.7. The second kappa shape index (κ2) is 12.6. The van der Waals surface area contributed by atoms with Crippen LogP contribution in [0.25, 0.3) is 0 Å². The Kier molecular flexibility index (Phi) is 9.59. The van der Waals surface area contributed by atoms with E-state index in [9.17, 15) is 14.4 Å². The third-order valence-corrected chi connectivity index (χ3v) is 14.1. The van der Waals surface area contributed by atoms with Crippen LogP contribution in [0.2, 0.25) is 0 Å². The van der Waals surface area contributed by atoms with Crippen molar-refractivity contribution in [1.82, 2.24) is 0 Å². The molecular weight excluding hydrogens is 614 g/mol. The fraction of sp³-hybridized carbons (Fsp3) is 0.711. The molecule has 1 aromatic carbocycles. The summed E-state index contributed by atoms with van der Waals surface area (Å²) >= 11 is 1.87. The molecule has 260 valence electrons. The zero-order valence-electron chi connectivity index (χ0n) is 29.9. The highest BCUT2D eigenvalue weighted by atomic mass is 32.2. The average Bonchev–Trinajstić information content (AvgIpc) is 2.99. The van der Waals surface area contributed by atoms with Gasteiger partial charge in [0.15, 0.2) is 11.5 Å². The average molecular weight is 670 g/mol. The number of allylic oxidation sites excluding steroid dienone is 1. The van der Waals surface area contributed by atoms with Crippen molar-refractivity contribution < 1.29 is 33.3 Å². The van der Waals surface area contributed by atoms with Gasteiger partial charge in [0.1, 0.15) is 0 Å². The highest BCUT2D eigenvalue weighted by molar-refractivity contribution is 8.00. The first kappa shape index (κ1) is 35.6. The summed E-state index contributed by atoms with van der Waals surface area (Å²) in [7, 11) is 0. The predicted molar refractivity (Wildman–Crippen MR) is 185 cm³/mol. The summed E-state index contributed by atoms with van der Waals surface area (Å²) < 4.78 is 21.6. The molecule has 5 rings (SSSR count). The molecule has 0 aliphatic heterocycles. The van der Waals surface area contributed by atoms with Crippen LogP contribution in [0.5, 0.6) is 11.5 Å². The molecule has 8 nitrogen and oxygen atoms in total. The van der Waals surface area contributed by atoms with Crippen LogP contribution in [0.1, 0.15) is 130 Å². The number of hydrogen-bond donors (Lipinski definition) is 1. The van der Waals surface area contributed by atoms with Gasteiger partial charge in [-0.15, -0.1) is 11.8 Å². The number of amides is 1. The Balaban J connectivity index is 1.68. The fourth-order valence-corrected chi connectivity index (χ4v) is 11.3. The minimum absolute atomic E-state index is 0.00421. The number of hydrogen-bond acceptors (Lipinski definition) is 8. The molecule has 3 saturated carbocycles. The van der Waals surface area contributed by atoms with Gasteiger partial charge in [0.25, 0.3) is 0 Å². The number of carbonyl (C=O) groups excluding carboxylic acids is 3. The van der Waals surface area contributed by atoms with Crippen LogP contribution in [0.4, 0.5) is 9.59 Å². The summed E-state index contributed by atoms with van der Waals surface area (Å²) in [5.41, 5.74) is 8.88. The van der Waals surface area contributed by atoms with Crippen LogP contribution in [0.15, 0.2) is 23.8 Å². The summed E-state index contributed by atoms with van der Waals surface area (Å²) in [6, 6.07) is 3.77. The maximum absolute atomic E-state index is 12.9. The topological polar surface area (TPSA) is 114 Å². The van der Waals surface area contributed by atoms with E-state index < -0.39 is 17.7 Å². The number of ether oxygens (including phenoxy) is 4. The van der Waals surface area contributed by atoms with E-state index in [-0.39, 0.29) is 57.5 Å². The zero-order valence-corrected chi connectivity index (χ0v) is 30.7. The molecule has 0 aromatic heterocycles. The smallest absolute Gasteiger partial charge is 0.434 e. The van der Waals surface area contributed by atoms with Crippen LogP contribution in [0, 0.1) is 27.6 Å². The lowest BCUT2D eigenvalue weighted by molar-refractivity contribution is -0.174. The maximum atomic E-state index is 12.9. The third kappa shape index (κ3) is 5.76. The van der Waals surface area contributed by atoms with Gasteiger partial charge in [-0.1, -0.05) is 60.1 Å². The van der Waals surface area contributed by atoms with Crippen molar-refractivity contribution in [3.63, 3.8) is 0 Å². The van der Waals surface area contributed by atoms with Crippen molar-refractivity contribution >= 4 is 30.0 Å². The predicted octanol–water partition coefficient (Wildman–Crippen LogP) is 9.43. The maximum Gasteiger partial charge on any atom is 0.513 e. The largest absolute Gasteiger partial charge is 0.513 e. The number of carbonyl (C=O) groups is 3. The Labute approximate surface area is 285 Å². The first-order chi connectivity index (χ1) is 22.0. The van der Waals surface area contributed by atoms with E-state index in [1.54, 1.807) is 13.8 Å². The molecule has 0 spiro atoms. The van der Waals surface area contributed by atoms with Crippen molar-refractivity contribution in [2.24, 2.45) is 33.3 Å². The first-order valence-corrected chi connectivity index (χ1v) is 18.5. The van der Waals surface area contributed by atoms with Crippen LogP contribution in [-0.2, 0) is 19.7 Å². The van der Waals surface area contributed by atoms with E-state index >= 15 is 0 Å². The first-order valence-electron chi connectivity index (χ1n) is 17.6. The van der Waals surface area contributed by atoms with Gasteiger partial charge in [-0.2, -0.15) is 0 Å². The summed E-state index contributed by atoms with van der Waals surface area (Å²) in [5.74, 6) is 0.476.